The molecule has 1 aromatic rings. The molecule has 2 saturated carbocycles. The summed E-state index contributed by atoms with van der Waals surface area (Å²) in [5, 5.41) is 0. The fourth-order valence-corrected chi connectivity index (χ4v) is 4.11. The van der Waals surface area contributed by atoms with E-state index in [1.54, 1.807) is 0 Å². The molecule has 1 nitrogen and oxygen atoms in total. The molecule has 17 heavy (non-hydrogen) atoms. The van der Waals surface area contributed by atoms with Gasteiger partial charge in [-0.3, -0.25) is 0 Å². The first-order valence-corrected chi connectivity index (χ1v) is 6.99. The zero-order valence-corrected chi connectivity index (χ0v) is 10.7. The Balaban J connectivity index is 1.72. The van der Waals surface area contributed by atoms with E-state index in [0.717, 1.165) is 24.2 Å². The molecule has 1 heteroatoms. The fraction of sp³-hybridized carbons (Fsp3) is 0.625. The first-order valence-electron chi connectivity index (χ1n) is 6.99. The van der Waals surface area contributed by atoms with Crippen molar-refractivity contribution < 1.29 is 0 Å². The van der Waals surface area contributed by atoms with Crippen LogP contribution in [0.4, 0.5) is 0 Å². The predicted molar refractivity (Wildman–Crippen MR) is 71.5 cm³/mol. The average molecular weight is 229 g/mol. The molecule has 2 fully saturated rings. The zero-order chi connectivity index (χ0) is 11.9. The standard InChI is InChI=1S/C16H23N/c1-16(17,15-5-3-2-4-6-15)11-14-10-12-7-8-13(14)9-12/h2-6,12-14H,7-11,17H2,1H3. The van der Waals surface area contributed by atoms with Crippen LogP contribution in [-0.2, 0) is 5.54 Å². The molecule has 0 aliphatic heterocycles. The van der Waals surface area contributed by atoms with Gasteiger partial charge in [0, 0.05) is 5.54 Å². The van der Waals surface area contributed by atoms with Gasteiger partial charge >= 0.3 is 0 Å². The fourth-order valence-electron chi connectivity index (χ4n) is 4.11. The summed E-state index contributed by atoms with van der Waals surface area (Å²) in [5.74, 6) is 2.88. The summed E-state index contributed by atoms with van der Waals surface area (Å²) in [5.41, 5.74) is 7.70. The Labute approximate surface area is 104 Å². The van der Waals surface area contributed by atoms with Crippen LogP contribution in [-0.4, -0.2) is 0 Å². The summed E-state index contributed by atoms with van der Waals surface area (Å²) in [6.45, 7) is 2.20. The van der Waals surface area contributed by atoms with E-state index in [1.807, 2.05) is 0 Å². The van der Waals surface area contributed by atoms with Gasteiger partial charge in [0.15, 0.2) is 0 Å². The minimum atomic E-state index is -0.142. The van der Waals surface area contributed by atoms with Crippen LogP contribution < -0.4 is 5.73 Å². The van der Waals surface area contributed by atoms with Gasteiger partial charge in [0.2, 0.25) is 0 Å². The highest BCUT2D eigenvalue weighted by Gasteiger charge is 2.41. The largest absolute Gasteiger partial charge is 0.322 e. The second-order valence-electron chi connectivity index (χ2n) is 6.42. The van der Waals surface area contributed by atoms with Crippen LogP contribution >= 0.6 is 0 Å². The van der Waals surface area contributed by atoms with Crippen molar-refractivity contribution in [3.63, 3.8) is 0 Å². The van der Waals surface area contributed by atoms with Crippen molar-refractivity contribution >= 4 is 0 Å². The number of nitrogens with two attached hydrogens (primary N) is 1. The van der Waals surface area contributed by atoms with E-state index in [1.165, 1.54) is 31.2 Å². The van der Waals surface area contributed by atoms with Crippen molar-refractivity contribution in [2.24, 2.45) is 23.5 Å². The van der Waals surface area contributed by atoms with Crippen LogP contribution in [0.2, 0.25) is 0 Å². The first-order chi connectivity index (χ1) is 8.15. The predicted octanol–water partition coefficient (Wildman–Crippen LogP) is 3.69. The maximum atomic E-state index is 6.55. The molecule has 2 N–H and O–H groups in total. The number of fused-ring (bicyclic) bond motifs is 2. The van der Waals surface area contributed by atoms with Gasteiger partial charge in [0.1, 0.15) is 0 Å². The number of rotatable bonds is 3. The molecule has 0 heterocycles. The first kappa shape index (κ1) is 11.3. The third-order valence-corrected chi connectivity index (χ3v) is 5.00. The van der Waals surface area contributed by atoms with E-state index in [4.69, 9.17) is 5.73 Å². The van der Waals surface area contributed by atoms with Crippen molar-refractivity contribution in [1.82, 2.24) is 0 Å². The molecular weight excluding hydrogens is 206 g/mol. The molecule has 0 saturated heterocycles. The molecule has 2 aliphatic carbocycles. The van der Waals surface area contributed by atoms with E-state index >= 15 is 0 Å². The molecule has 0 amide bonds. The van der Waals surface area contributed by atoms with Crippen LogP contribution in [0.15, 0.2) is 30.3 Å². The van der Waals surface area contributed by atoms with Crippen LogP contribution in [0, 0.1) is 17.8 Å². The molecule has 1 aromatic carbocycles. The third kappa shape index (κ3) is 2.13. The van der Waals surface area contributed by atoms with E-state index in [2.05, 4.69) is 37.3 Å². The third-order valence-electron chi connectivity index (χ3n) is 5.00. The Morgan fingerprint density at radius 2 is 1.94 bits per heavy atom. The smallest absolute Gasteiger partial charge is 0.0383 e. The van der Waals surface area contributed by atoms with Crippen molar-refractivity contribution in [1.29, 1.82) is 0 Å². The van der Waals surface area contributed by atoms with Crippen LogP contribution in [0.25, 0.3) is 0 Å². The summed E-state index contributed by atoms with van der Waals surface area (Å²) in [4.78, 5) is 0. The maximum absolute atomic E-state index is 6.55. The normalized spacial score (nSPS) is 34.8. The highest BCUT2D eigenvalue weighted by Crippen LogP contribution is 2.51. The van der Waals surface area contributed by atoms with E-state index in [9.17, 15) is 0 Å². The Hall–Kier alpha value is -0.820. The topological polar surface area (TPSA) is 26.0 Å². The second kappa shape index (κ2) is 4.13. The number of hydrogen-bond acceptors (Lipinski definition) is 1. The minimum absolute atomic E-state index is 0.142. The molecule has 2 aliphatic rings. The van der Waals surface area contributed by atoms with Gasteiger partial charge in [-0.25, -0.2) is 0 Å². The lowest BCUT2D eigenvalue weighted by Gasteiger charge is -2.32. The van der Waals surface area contributed by atoms with Crippen molar-refractivity contribution in [3.05, 3.63) is 35.9 Å². The summed E-state index contributed by atoms with van der Waals surface area (Å²) in [6, 6.07) is 10.6. The zero-order valence-electron chi connectivity index (χ0n) is 10.7. The van der Waals surface area contributed by atoms with Gasteiger partial charge in [-0.05, 0) is 55.9 Å². The maximum Gasteiger partial charge on any atom is 0.0383 e. The van der Waals surface area contributed by atoms with Gasteiger partial charge in [-0.1, -0.05) is 36.8 Å². The summed E-state index contributed by atoms with van der Waals surface area (Å²) in [7, 11) is 0. The molecule has 92 valence electrons. The number of benzene rings is 1. The van der Waals surface area contributed by atoms with E-state index in [-0.39, 0.29) is 5.54 Å². The molecule has 0 spiro atoms. The van der Waals surface area contributed by atoms with Crippen LogP contribution in [0.1, 0.15) is 44.6 Å². The van der Waals surface area contributed by atoms with Gasteiger partial charge in [0.25, 0.3) is 0 Å². The summed E-state index contributed by atoms with van der Waals surface area (Å²) >= 11 is 0. The molecule has 4 unspecified atom stereocenters. The lowest BCUT2D eigenvalue weighted by Crippen LogP contribution is -2.36. The average Bonchev–Trinajstić information content (AvgIpc) is 2.91. The quantitative estimate of drug-likeness (QED) is 0.840. The highest BCUT2D eigenvalue weighted by atomic mass is 14.7. The van der Waals surface area contributed by atoms with Gasteiger partial charge < -0.3 is 5.73 Å². The molecule has 2 bridgehead atoms. The van der Waals surface area contributed by atoms with Gasteiger partial charge in [0.05, 0.1) is 0 Å². The second-order valence-corrected chi connectivity index (χ2v) is 6.42. The van der Waals surface area contributed by atoms with Crippen LogP contribution in [0.3, 0.4) is 0 Å². The Bertz CT molecular complexity index is 382. The molecular formula is C16H23N. The molecule has 0 radical (unpaired) electrons. The van der Waals surface area contributed by atoms with Gasteiger partial charge in [-0.15, -0.1) is 0 Å². The minimum Gasteiger partial charge on any atom is -0.322 e. The summed E-state index contributed by atoms with van der Waals surface area (Å²) < 4.78 is 0. The highest BCUT2D eigenvalue weighted by molar-refractivity contribution is 5.23. The SMILES string of the molecule is CC(N)(CC1CC2CCC1C2)c1ccccc1. The molecule has 3 rings (SSSR count). The van der Waals surface area contributed by atoms with Crippen molar-refractivity contribution in [2.75, 3.05) is 0 Å². The lowest BCUT2D eigenvalue weighted by atomic mass is 9.77. The van der Waals surface area contributed by atoms with Crippen LogP contribution in [0.5, 0.6) is 0 Å². The Kier molecular flexibility index (Phi) is 2.74. The van der Waals surface area contributed by atoms with E-state index in [0.29, 0.717) is 0 Å². The lowest BCUT2D eigenvalue weighted by molar-refractivity contribution is 0.253. The van der Waals surface area contributed by atoms with E-state index < -0.39 is 0 Å². The van der Waals surface area contributed by atoms with Gasteiger partial charge in [-0.2, -0.15) is 0 Å². The Morgan fingerprint density at radius 1 is 1.18 bits per heavy atom. The molecule has 0 aromatic heterocycles. The number of hydrogen-bond donors (Lipinski definition) is 1. The Morgan fingerprint density at radius 3 is 2.53 bits per heavy atom. The molecule has 4 atom stereocenters. The summed E-state index contributed by atoms with van der Waals surface area (Å²) in [6.07, 6.45) is 7.02. The van der Waals surface area contributed by atoms with Crippen molar-refractivity contribution in [2.45, 2.75) is 44.6 Å². The monoisotopic (exact) mass is 229 g/mol. The van der Waals surface area contributed by atoms with Crippen molar-refractivity contribution in [3.8, 4) is 0 Å².